The Balaban J connectivity index is 2.15. The molecule has 1 fully saturated rings. The van der Waals surface area contributed by atoms with Crippen LogP contribution in [0.4, 0.5) is 0 Å². The van der Waals surface area contributed by atoms with Crippen molar-refractivity contribution in [1.29, 1.82) is 0 Å². The van der Waals surface area contributed by atoms with Crippen LogP contribution in [0.1, 0.15) is 31.9 Å². The maximum atomic E-state index is 5.98. The van der Waals surface area contributed by atoms with Crippen molar-refractivity contribution in [2.45, 2.75) is 26.3 Å². The summed E-state index contributed by atoms with van der Waals surface area (Å²) in [5, 5.41) is 4.24. The molecule has 0 spiro atoms. The third-order valence-electron chi connectivity index (χ3n) is 3.54. The molecule has 1 N–H and O–H groups in total. The van der Waals surface area contributed by atoms with E-state index in [1.54, 1.807) is 0 Å². The van der Waals surface area contributed by atoms with Gasteiger partial charge in [-0.2, -0.15) is 0 Å². The zero-order valence-corrected chi connectivity index (χ0v) is 12.1. The summed E-state index contributed by atoms with van der Waals surface area (Å²) in [7, 11) is 0. The third-order valence-corrected chi connectivity index (χ3v) is 3.79. The molecule has 0 saturated carbocycles. The van der Waals surface area contributed by atoms with Crippen LogP contribution in [0.2, 0.25) is 5.02 Å². The lowest BCUT2D eigenvalue weighted by molar-refractivity contribution is 0.154. The van der Waals surface area contributed by atoms with Gasteiger partial charge in [-0.3, -0.25) is 4.90 Å². The predicted octanol–water partition coefficient (Wildman–Crippen LogP) is 3.33. The first-order valence-corrected chi connectivity index (χ1v) is 7.25. The van der Waals surface area contributed by atoms with Crippen LogP contribution in [0.15, 0.2) is 24.3 Å². The van der Waals surface area contributed by atoms with Gasteiger partial charge in [0, 0.05) is 37.2 Å². The Bertz CT molecular complexity index is 355. The SMILES string of the molecule is CC(C)C[C@@H](c1ccc(Cl)cc1)N1CCNCC1. The first kappa shape index (κ1) is 13.9. The van der Waals surface area contributed by atoms with Crippen LogP contribution in [-0.4, -0.2) is 31.1 Å². The largest absolute Gasteiger partial charge is 0.314 e. The number of nitrogens with one attached hydrogen (secondary N) is 1. The summed E-state index contributed by atoms with van der Waals surface area (Å²) in [4.78, 5) is 2.60. The molecule has 1 heterocycles. The molecule has 0 bridgehead atoms. The van der Waals surface area contributed by atoms with Gasteiger partial charge in [-0.1, -0.05) is 37.6 Å². The molecule has 100 valence electrons. The van der Waals surface area contributed by atoms with Crippen LogP contribution >= 0.6 is 11.6 Å². The number of piperazine rings is 1. The maximum absolute atomic E-state index is 5.98. The van der Waals surface area contributed by atoms with Crippen LogP contribution in [0, 0.1) is 5.92 Å². The molecule has 1 saturated heterocycles. The molecule has 3 heteroatoms. The van der Waals surface area contributed by atoms with Crippen LogP contribution < -0.4 is 5.32 Å². The first-order valence-electron chi connectivity index (χ1n) is 6.87. The Morgan fingerprint density at radius 2 is 1.78 bits per heavy atom. The third kappa shape index (κ3) is 3.71. The summed E-state index contributed by atoms with van der Waals surface area (Å²) in [5.41, 5.74) is 1.40. The van der Waals surface area contributed by atoms with Gasteiger partial charge >= 0.3 is 0 Å². The minimum Gasteiger partial charge on any atom is -0.314 e. The maximum Gasteiger partial charge on any atom is 0.0406 e. The van der Waals surface area contributed by atoms with Gasteiger partial charge in [0.1, 0.15) is 0 Å². The van der Waals surface area contributed by atoms with Crippen LogP contribution in [0.25, 0.3) is 0 Å². The second kappa shape index (κ2) is 6.55. The summed E-state index contributed by atoms with van der Waals surface area (Å²) in [6.45, 7) is 9.07. The normalized spacial score (nSPS) is 19.1. The predicted molar refractivity (Wildman–Crippen MR) is 78.1 cm³/mol. The lowest BCUT2D eigenvalue weighted by Gasteiger charge is -2.36. The van der Waals surface area contributed by atoms with E-state index in [0.717, 1.165) is 31.2 Å². The monoisotopic (exact) mass is 266 g/mol. The van der Waals surface area contributed by atoms with Crippen LogP contribution in [-0.2, 0) is 0 Å². The molecule has 1 aromatic carbocycles. The molecule has 1 aliphatic rings. The molecular formula is C15H23ClN2. The van der Waals surface area contributed by atoms with E-state index in [1.807, 2.05) is 12.1 Å². The highest BCUT2D eigenvalue weighted by Crippen LogP contribution is 2.28. The van der Waals surface area contributed by atoms with Gasteiger partial charge in [0.15, 0.2) is 0 Å². The molecule has 0 aromatic heterocycles. The average Bonchev–Trinajstić information content (AvgIpc) is 2.38. The Kier molecular flexibility index (Phi) is 5.04. The highest BCUT2D eigenvalue weighted by Gasteiger charge is 2.22. The fourth-order valence-corrected chi connectivity index (χ4v) is 2.75. The summed E-state index contributed by atoms with van der Waals surface area (Å²) in [5.74, 6) is 0.709. The molecule has 1 aromatic rings. The van der Waals surface area contributed by atoms with Gasteiger partial charge in [0.05, 0.1) is 0 Å². The highest BCUT2D eigenvalue weighted by atomic mass is 35.5. The van der Waals surface area contributed by atoms with Crippen molar-refractivity contribution in [3.63, 3.8) is 0 Å². The van der Waals surface area contributed by atoms with E-state index in [-0.39, 0.29) is 0 Å². The summed E-state index contributed by atoms with van der Waals surface area (Å²) >= 11 is 5.98. The van der Waals surface area contributed by atoms with E-state index in [2.05, 4.69) is 36.2 Å². The smallest absolute Gasteiger partial charge is 0.0406 e. The summed E-state index contributed by atoms with van der Waals surface area (Å²) < 4.78 is 0. The number of halogens is 1. The fourth-order valence-electron chi connectivity index (χ4n) is 2.62. The molecule has 2 rings (SSSR count). The minimum atomic E-state index is 0.532. The number of rotatable bonds is 4. The van der Waals surface area contributed by atoms with E-state index >= 15 is 0 Å². The molecular weight excluding hydrogens is 244 g/mol. The first-order chi connectivity index (χ1) is 8.66. The zero-order chi connectivity index (χ0) is 13.0. The van der Waals surface area contributed by atoms with Gasteiger partial charge in [-0.05, 0) is 30.0 Å². The molecule has 0 aliphatic carbocycles. The van der Waals surface area contributed by atoms with Crippen molar-refractivity contribution in [1.82, 2.24) is 10.2 Å². The number of benzene rings is 1. The summed E-state index contributed by atoms with van der Waals surface area (Å²) in [6, 6.07) is 8.90. The van der Waals surface area contributed by atoms with Gasteiger partial charge in [0.25, 0.3) is 0 Å². The minimum absolute atomic E-state index is 0.532. The fraction of sp³-hybridized carbons (Fsp3) is 0.600. The molecule has 1 atom stereocenters. The van der Waals surface area contributed by atoms with Crippen molar-refractivity contribution in [3.8, 4) is 0 Å². The molecule has 1 aliphatic heterocycles. The van der Waals surface area contributed by atoms with Crippen molar-refractivity contribution in [3.05, 3.63) is 34.9 Å². The van der Waals surface area contributed by atoms with Crippen LogP contribution in [0.3, 0.4) is 0 Å². The number of hydrogen-bond acceptors (Lipinski definition) is 2. The Morgan fingerprint density at radius 1 is 1.17 bits per heavy atom. The van der Waals surface area contributed by atoms with E-state index in [9.17, 15) is 0 Å². The number of hydrogen-bond donors (Lipinski definition) is 1. The van der Waals surface area contributed by atoms with Crippen molar-refractivity contribution >= 4 is 11.6 Å². The van der Waals surface area contributed by atoms with E-state index in [4.69, 9.17) is 11.6 Å². The zero-order valence-electron chi connectivity index (χ0n) is 11.3. The summed E-state index contributed by atoms with van der Waals surface area (Å²) in [6.07, 6.45) is 1.21. The van der Waals surface area contributed by atoms with Gasteiger partial charge < -0.3 is 5.32 Å². The van der Waals surface area contributed by atoms with E-state index < -0.39 is 0 Å². The highest BCUT2D eigenvalue weighted by molar-refractivity contribution is 6.30. The Morgan fingerprint density at radius 3 is 2.33 bits per heavy atom. The van der Waals surface area contributed by atoms with Gasteiger partial charge in [-0.25, -0.2) is 0 Å². The molecule has 0 unspecified atom stereocenters. The quantitative estimate of drug-likeness (QED) is 0.899. The lowest BCUT2D eigenvalue weighted by Crippen LogP contribution is -2.45. The Hall–Kier alpha value is -0.570. The van der Waals surface area contributed by atoms with Crippen molar-refractivity contribution in [2.24, 2.45) is 5.92 Å². The van der Waals surface area contributed by atoms with E-state index in [0.29, 0.717) is 12.0 Å². The molecule has 0 radical (unpaired) electrons. The van der Waals surface area contributed by atoms with Crippen molar-refractivity contribution < 1.29 is 0 Å². The standard InChI is InChI=1S/C15H23ClN2/c1-12(2)11-15(18-9-7-17-8-10-18)13-3-5-14(16)6-4-13/h3-6,12,15,17H,7-11H2,1-2H3/t15-/m0/s1. The van der Waals surface area contributed by atoms with E-state index in [1.165, 1.54) is 12.0 Å². The Labute approximate surface area is 115 Å². The second-order valence-electron chi connectivity index (χ2n) is 5.48. The molecule has 0 amide bonds. The average molecular weight is 267 g/mol. The van der Waals surface area contributed by atoms with Crippen molar-refractivity contribution in [2.75, 3.05) is 26.2 Å². The van der Waals surface area contributed by atoms with Gasteiger partial charge in [-0.15, -0.1) is 0 Å². The van der Waals surface area contributed by atoms with Crippen LogP contribution in [0.5, 0.6) is 0 Å². The lowest BCUT2D eigenvalue weighted by atomic mass is 9.95. The molecule has 2 nitrogen and oxygen atoms in total. The second-order valence-corrected chi connectivity index (χ2v) is 5.92. The number of nitrogens with zero attached hydrogens (tertiary/aromatic N) is 1. The topological polar surface area (TPSA) is 15.3 Å². The van der Waals surface area contributed by atoms with Gasteiger partial charge in [0.2, 0.25) is 0 Å². The molecule has 18 heavy (non-hydrogen) atoms.